The molecular weight excluding hydrogens is 386 g/mol. The number of fused-ring (bicyclic) bond motifs is 1. The lowest BCUT2D eigenvalue weighted by Crippen LogP contribution is -2.03. The van der Waals surface area contributed by atoms with E-state index in [0.29, 0.717) is 32.7 Å². The number of hydrogen-bond acceptors (Lipinski definition) is 5. The van der Waals surface area contributed by atoms with Gasteiger partial charge in [-0.3, -0.25) is 0 Å². The number of hydrogen-bond donors (Lipinski definition) is 1. The number of nitrogens with zero attached hydrogens (tertiary/aromatic N) is 2. The zero-order valence-corrected chi connectivity index (χ0v) is 15.7. The van der Waals surface area contributed by atoms with Gasteiger partial charge in [-0.1, -0.05) is 41.9 Å². The average Bonchev–Trinajstić information content (AvgIpc) is 2.73. The second-order valence-corrected chi connectivity index (χ2v) is 6.78. The van der Waals surface area contributed by atoms with Crippen LogP contribution in [0.25, 0.3) is 33.2 Å². The monoisotopic (exact) mass is 397 g/mol. The molecule has 0 atom stereocenters. The Morgan fingerprint density at radius 1 is 0.862 bits per heavy atom. The standard InChI is InChI=1S/C23H12ClN3O2/c24-14-6-7-21-18(8-14)17(10-22(28)29-21)16-9-15(13-4-2-1-3-5-13)19(11-25)23(27)20(16)12-26/h1-10H,27H2. The molecule has 6 heteroatoms. The Balaban J connectivity index is 2.16. The molecular formula is C23H12ClN3O2. The van der Waals surface area contributed by atoms with Gasteiger partial charge in [0, 0.05) is 33.2 Å². The first-order valence-corrected chi connectivity index (χ1v) is 8.97. The van der Waals surface area contributed by atoms with Crippen LogP contribution in [0.1, 0.15) is 11.1 Å². The maximum absolute atomic E-state index is 12.2. The summed E-state index contributed by atoms with van der Waals surface area (Å²) in [4.78, 5) is 12.2. The SMILES string of the molecule is N#Cc1c(-c2ccccc2)cc(-c2cc(=O)oc3ccc(Cl)cc23)c(C#N)c1N. The zero-order valence-electron chi connectivity index (χ0n) is 14.9. The van der Waals surface area contributed by atoms with Crippen molar-refractivity contribution in [3.8, 4) is 34.4 Å². The highest BCUT2D eigenvalue weighted by atomic mass is 35.5. The van der Waals surface area contributed by atoms with E-state index < -0.39 is 5.63 Å². The number of nitrogens with two attached hydrogens (primary N) is 1. The quantitative estimate of drug-likeness (QED) is 0.374. The largest absolute Gasteiger partial charge is 0.423 e. The van der Waals surface area contributed by atoms with Gasteiger partial charge < -0.3 is 10.2 Å². The molecule has 3 aromatic carbocycles. The Morgan fingerprint density at radius 3 is 2.24 bits per heavy atom. The molecule has 0 aliphatic heterocycles. The van der Waals surface area contributed by atoms with Crippen molar-refractivity contribution >= 4 is 28.3 Å². The first-order chi connectivity index (χ1) is 14.0. The fourth-order valence-corrected chi connectivity index (χ4v) is 3.53. The minimum Gasteiger partial charge on any atom is -0.423 e. The minimum absolute atomic E-state index is 0.0646. The second kappa shape index (κ2) is 7.16. The van der Waals surface area contributed by atoms with Gasteiger partial charge in [-0.15, -0.1) is 0 Å². The first kappa shape index (κ1) is 18.3. The molecule has 0 radical (unpaired) electrons. The van der Waals surface area contributed by atoms with Crippen LogP contribution in [0.2, 0.25) is 5.02 Å². The third-order valence-electron chi connectivity index (χ3n) is 4.67. The van der Waals surface area contributed by atoms with E-state index in [2.05, 4.69) is 12.1 Å². The van der Waals surface area contributed by atoms with Crippen LogP contribution in [-0.4, -0.2) is 0 Å². The summed E-state index contributed by atoms with van der Waals surface area (Å²) in [6, 6.07) is 21.3. The Bertz CT molecular complexity index is 1410. The van der Waals surface area contributed by atoms with Gasteiger partial charge >= 0.3 is 5.63 Å². The highest BCUT2D eigenvalue weighted by molar-refractivity contribution is 6.31. The van der Waals surface area contributed by atoms with E-state index >= 15 is 0 Å². The van der Waals surface area contributed by atoms with Gasteiger partial charge in [0.25, 0.3) is 0 Å². The highest BCUT2D eigenvalue weighted by Gasteiger charge is 2.20. The molecule has 0 aliphatic rings. The summed E-state index contributed by atoms with van der Waals surface area (Å²) in [6.45, 7) is 0. The van der Waals surface area contributed by atoms with Crippen molar-refractivity contribution in [2.45, 2.75) is 0 Å². The van der Waals surface area contributed by atoms with Crippen LogP contribution < -0.4 is 11.4 Å². The molecule has 4 aromatic rings. The Kier molecular flexibility index (Phi) is 4.52. The number of benzene rings is 3. The van der Waals surface area contributed by atoms with Crippen LogP contribution in [0.5, 0.6) is 0 Å². The number of halogens is 1. The van der Waals surface area contributed by atoms with Crippen molar-refractivity contribution < 1.29 is 4.42 Å². The van der Waals surface area contributed by atoms with E-state index in [1.807, 2.05) is 30.3 Å². The van der Waals surface area contributed by atoms with Crippen LogP contribution in [0.3, 0.4) is 0 Å². The van der Waals surface area contributed by atoms with Crippen molar-refractivity contribution in [1.29, 1.82) is 10.5 Å². The van der Waals surface area contributed by atoms with E-state index in [0.717, 1.165) is 5.56 Å². The second-order valence-electron chi connectivity index (χ2n) is 6.34. The van der Waals surface area contributed by atoms with E-state index in [1.165, 1.54) is 6.07 Å². The molecule has 138 valence electrons. The summed E-state index contributed by atoms with van der Waals surface area (Å²) in [5.74, 6) is 0. The third kappa shape index (κ3) is 3.10. The number of nitriles is 2. The molecule has 0 spiro atoms. The molecule has 29 heavy (non-hydrogen) atoms. The smallest absolute Gasteiger partial charge is 0.336 e. The van der Waals surface area contributed by atoms with Crippen molar-refractivity contribution in [2.24, 2.45) is 0 Å². The molecule has 0 saturated carbocycles. The van der Waals surface area contributed by atoms with Crippen molar-refractivity contribution in [3.63, 3.8) is 0 Å². The minimum atomic E-state index is -0.567. The normalized spacial score (nSPS) is 10.4. The van der Waals surface area contributed by atoms with Gasteiger partial charge in [0.1, 0.15) is 17.7 Å². The maximum Gasteiger partial charge on any atom is 0.336 e. The summed E-state index contributed by atoms with van der Waals surface area (Å²) >= 11 is 6.15. The van der Waals surface area contributed by atoms with Crippen molar-refractivity contribution in [3.05, 3.63) is 87.2 Å². The van der Waals surface area contributed by atoms with Crippen molar-refractivity contribution in [1.82, 2.24) is 0 Å². The van der Waals surface area contributed by atoms with Crippen LogP contribution >= 0.6 is 11.6 Å². The number of anilines is 1. The summed E-state index contributed by atoms with van der Waals surface area (Å²) in [7, 11) is 0. The van der Waals surface area contributed by atoms with Crippen LogP contribution in [0, 0.1) is 22.7 Å². The summed E-state index contributed by atoms with van der Waals surface area (Å²) in [5.41, 5.74) is 8.62. The molecule has 0 fully saturated rings. The van der Waals surface area contributed by atoms with Gasteiger partial charge in [-0.05, 0) is 29.8 Å². The molecule has 2 N–H and O–H groups in total. The molecule has 0 amide bonds. The van der Waals surface area contributed by atoms with Gasteiger partial charge in [0.2, 0.25) is 0 Å². The maximum atomic E-state index is 12.2. The van der Waals surface area contributed by atoms with Gasteiger partial charge in [-0.2, -0.15) is 10.5 Å². The van der Waals surface area contributed by atoms with E-state index in [9.17, 15) is 15.3 Å². The molecule has 0 saturated heterocycles. The molecule has 4 rings (SSSR count). The van der Waals surface area contributed by atoms with E-state index in [4.69, 9.17) is 21.8 Å². The van der Waals surface area contributed by atoms with E-state index in [1.54, 1.807) is 24.3 Å². The van der Waals surface area contributed by atoms with Crippen LogP contribution in [0.4, 0.5) is 5.69 Å². The molecule has 5 nitrogen and oxygen atoms in total. The number of nitrogen functional groups attached to an aromatic ring is 1. The molecule has 0 unspecified atom stereocenters. The predicted octanol–water partition coefficient (Wildman–Crippen LogP) is 5.11. The van der Waals surface area contributed by atoms with Crippen molar-refractivity contribution in [2.75, 3.05) is 5.73 Å². The Hall–Kier alpha value is -4.06. The summed E-state index contributed by atoms with van der Waals surface area (Å²) < 4.78 is 5.26. The Morgan fingerprint density at radius 2 is 1.55 bits per heavy atom. The summed E-state index contributed by atoms with van der Waals surface area (Å²) in [5, 5.41) is 20.5. The third-order valence-corrected chi connectivity index (χ3v) is 4.90. The van der Waals surface area contributed by atoms with Gasteiger partial charge in [0.05, 0.1) is 16.8 Å². The lowest BCUT2D eigenvalue weighted by Gasteiger charge is -2.15. The van der Waals surface area contributed by atoms with Gasteiger partial charge in [-0.25, -0.2) is 4.79 Å². The fourth-order valence-electron chi connectivity index (χ4n) is 3.36. The van der Waals surface area contributed by atoms with Crippen LogP contribution in [-0.2, 0) is 0 Å². The van der Waals surface area contributed by atoms with E-state index in [-0.39, 0.29) is 16.8 Å². The predicted molar refractivity (Wildman–Crippen MR) is 112 cm³/mol. The van der Waals surface area contributed by atoms with Crippen LogP contribution in [0.15, 0.2) is 69.9 Å². The highest BCUT2D eigenvalue weighted by Crippen LogP contribution is 2.39. The molecule has 1 heterocycles. The average molecular weight is 398 g/mol. The number of rotatable bonds is 2. The first-order valence-electron chi connectivity index (χ1n) is 8.59. The van der Waals surface area contributed by atoms with Gasteiger partial charge in [0.15, 0.2) is 0 Å². The Labute approximate surface area is 170 Å². The fraction of sp³-hybridized carbons (Fsp3) is 0. The topological polar surface area (TPSA) is 104 Å². The molecule has 0 bridgehead atoms. The molecule has 1 aromatic heterocycles. The summed E-state index contributed by atoms with van der Waals surface area (Å²) in [6.07, 6.45) is 0. The lowest BCUT2D eigenvalue weighted by atomic mass is 9.89. The lowest BCUT2D eigenvalue weighted by molar-refractivity contribution is 0.561. The zero-order chi connectivity index (χ0) is 20.5. The molecule has 0 aliphatic carbocycles.